The minimum Gasteiger partial charge on any atom is -0.481 e. The van der Waals surface area contributed by atoms with Crippen molar-refractivity contribution in [3.8, 4) is 0 Å². The highest BCUT2D eigenvalue weighted by molar-refractivity contribution is 6.30. The Morgan fingerprint density at radius 2 is 2.16 bits per heavy atom. The number of benzene rings is 1. The Morgan fingerprint density at radius 3 is 2.74 bits per heavy atom. The van der Waals surface area contributed by atoms with Crippen molar-refractivity contribution in [1.29, 1.82) is 0 Å². The zero-order valence-electron chi connectivity index (χ0n) is 10.9. The van der Waals surface area contributed by atoms with Crippen LogP contribution in [0.3, 0.4) is 0 Å². The Bertz CT molecular complexity index is 458. The first-order chi connectivity index (χ1) is 9.08. The molecule has 0 amide bonds. The van der Waals surface area contributed by atoms with Crippen molar-refractivity contribution >= 4 is 17.6 Å². The Balaban J connectivity index is 2.27. The summed E-state index contributed by atoms with van der Waals surface area (Å²) in [5, 5.41) is 9.82. The number of aliphatic carboxylic acids is 1. The number of carbonyl (C=O) groups is 1. The van der Waals surface area contributed by atoms with Crippen LogP contribution in [0.5, 0.6) is 0 Å². The van der Waals surface area contributed by atoms with Crippen LogP contribution in [0.25, 0.3) is 0 Å². The molecule has 19 heavy (non-hydrogen) atoms. The third-order valence-electron chi connectivity index (χ3n) is 3.45. The van der Waals surface area contributed by atoms with E-state index in [0.717, 1.165) is 24.2 Å². The molecule has 0 aromatic heterocycles. The van der Waals surface area contributed by atoms with E-state index in [9.17, 15) is 4.79 Å². The molecule has 5 heteroatoms. The molecule has 0 spiro atoms. The third kappa shape index (κ3) is 3.69. The van der Waals surface area contributed by atoms with E-state index in [4.69, 9.17) is 21.4 Å². The summed E-state index contributed by atoms with van der Waals surface area (Å²) in [5.74, 6) is -0.786. The minimum absolute atomic E-state index is 0.0997. The second-order valence-corrected chi connectivity index (χ2v) is 5.20. The van der Waals surface area contributed by atoms with Crippen molar-refractivity contribution in [2.24, 2.45) is 0 Å². The summed E-state index contributed by atoms with van der Waals surface area (Å²) in [6.07, 6.45) is 0.0997. The minimum atomic E-state index is -0.786. The summed E-state index contributed by atoms with van der Waals surface area (Å²) >= 11 is 5.96. The number of hydrogen-bond donors (Lipinski definition) is 1. The number of carboxylic acid groups (broad SMARTS) is 1. The van der Waals surface area contributed by atoms with Crippen LogP contribution in [0.15, 0.2) is 18.2 Å². The number of aryl methyl sites for hydroxylation is 1. The van der Waals surface area contributed by atoms with Gasteiger partial charge in [0.15, 0.2) is 0 Å². The van der Waals surface area contributed by atoms with Crippen LogP contribution in [0.1, 0.15) is 23.6 Å². The summed E-state index contributed by atoms with van der Waals surface area (Å²) in [6, 6.07) is 5.52. The lowest BCUT2D eigenvalue weighted by atomic mass is 9.97. The van der Waals surface area contributed by atoms with Crippen molar-refractivity contribution in [3.63, 3.8) is 0 Å². The van der Waals surface area contributed by atoms with Gasteiger partial charge < -0.3 is 9.84 Å². The molecule has 1 aromatic rings. The first-order valence-corrected chi connectivity index (χ1v) is 6.75. The van der Waals surface area contributed by atoms with E-state index >= 15 is 0 Å². The van der Waals surface area contributed by atoms with Gasteiger partial charge in [0.2, 0.25) is 0 Å². The van der Waals surface area contributed by atoms with E-state index < -0.39 is 5.97 Å². The van der Waals surface area contributed by atoms with Crippen LogP contribution < -0.4 is 0 Å². The number of rotatable bonds is 4. The first-order valence-electron chi connectivity index (χ1n) is 6.37. The van der Waals surface area contributed by atoms with E-state index in [-0.39, 0.29) is 12.5 Å². The predicted molar refractivity (Wildman–Crippen MR) is 73.6 cm³/mol. The molecule has 1 heterocycles. The summed E-state index contributed by atoms with van der Waals surface area (Å²) < 4.78 is 5.33. The molecule has 0 aliphatic carbocycles. The van der Waals surface area contributed by atoms with Gasteiger partial charge in [-0.15, -0.1) is 0 Å². The molecule has 1 aliphatic heterocycles. The highest BCUT2D eigenvalue weighted by Crippen LogP contribution is 2.29. The zero-order valence-corrected chi connectivity index (χ0v) is 11.7. The molecule has 1 atom stereocenters. The molecule has 0 saturated carbocycles. The average Bonchev–Trinajstić information content (AvgIpc) is 2.37. The van der Waals surface area contributed by atoms with Gasteiger partial charge in [-0.2, -0.15) is 0 Å². The van der Waals surface area contributed by atoms with E-state index in [0.29, 0.717) is 18.2 Å². The number of carboxylic acids is 1. The van der Waals surface area contributed by atoms with E-state index in [1.54, 1.807) is 0 Å². The normalized spacial score (nSPS) is 18.2. The van der Waals surface area contributed by atoms with Gasteiger partial charge in [-0.25, -0.2) is 0 Å². The average molecular weight is 284 g/mol. The Hall–Kier alpha value is -1.10. The van der Waals surface area contributed by atoms with Gasteiger partial charge in [0.05, 0.1) is 19.6 Å². The highest BCUT2D eigenvalue weighted by atomic mass is 35.5. The molecule has 0 radical (unpaired) electrons. The van der Waals surface area contributed by atoms with Crippen molar-refractivity contribution in [3.05, 3.63) is 34.3 Å². The topological polar surface area (TPSA) is 49.8 Å². The maximum Gasteiger partial charge on any atom is 0.305 e. The molecule has 2 rings (SSSR count). The van der Waals surface area contributed by atoms with Gasteiger partial charge in [-0.1, -0.05) is 17.7 Å². The monoisotopic (exact) mass is 283 g/mol. The molecule has 1 fully saturated rings. The molecular weight excluding hydrogens is 266 g/mol. The highest BCUT2D eigenvalue weighted by Gasteiger charge is 2.26. The number of halogens is 1. The summed E-state index contributed by atoms with van der Waals surface area (Å²) in [5.41, 5.74) is 2.07. The number of morpholine rings is 1. The maximum absolute atomic E-state index is 11.1. The van der Waals surface area contributed by atoms with Gasteiger partial charge in [0.1, 0.15) is 0 Å². The lowest BCUT2D eigenvalue weighted by Gasteiger charge is -2.34. The van der Waals surface area contributed by atoms with Crippen LogP contribution >= 0.6 is 11.6 Å². The van der Waals surface area contributed by atoms with Gasteiger partial charge in [-0.3, -0.25) is 9.69 Å². The summed E-state index contributed by atoms with van der Waals surface area (Å²) in [7, 11) is 0. The second-order valence-electron chi connectivity index (χ2n) is 4.76. The summed E-state index contributed by atoms with van der Waals surface area (Å²) in [6.45, 7) is 4.81. The zero-order chi connectivity index (χ0) is 13.8. The molecule has 0 bridgehead atoms. The van der Waals surface area contributed by atoms with Crippen LogP contribution in [-0.4, -0.2) is 42.3 Å². The fraction of sp³-hybridized carbons (Fsp3) is 0.500. The molecule has 4 nitrogen and oxygen atoms in total. The fourth-order valence-electron chi connectivity index (χ4n) is 2.50. The van der Waals surface area contributed by atoms with Crippen molar-refractivity contribution in [1.82, 2.24) is 4.90 Å². The van der Waals surface area contributed by atoms with Crippen molar-refractivity contribution in [2.75, 3.05) is 26.3 Å². The van der Waals surface area contributed by atoms with Gasteiger partial charge >= 0.3 is 5.97 Å². The van der Waals surface area contributed by atoms with E-state index in [2.05, 4.69) is 4.90 Å². The van der Waals surface area contributed by atoms with Crippen molar-refractivity contribution in [2.45, 2.75) is 19.4 Å². The van der Waals surface area contributed by atoms with E-state index in [1.807, 2.05) is 25.1 Å². The van der Waals surface area contributed by atoms with Gasteiger partial charge in [-0.05, 0) is 30.2 Å². The SMILES string of the molecule is Cc1cc(Cl)ccc1C(CC(=O)O)N1CCOCC1. The fourth-order valence-corrected chi connectivity index (χ4v) is 2.73. The smallest absolute Gasteiger partial charge is 0.305 e. The third-order valence-corrected chi connectivity index (χ3v) is 3.68. The van der Waals surface area contributed by atoms with Crippen LogP contribution in [0.2, 0.25) is 5.02 Å². The number of hydrogen-bond acceptors (Lipinski definition) is 3. The molecule has 1 aliphatic rings. The maximum atomic E-state index is 11.1. The van der Waals surface area contributed by atoms with Crippen LogP contribution in [-0.2, 0) is 9.53 Å². The number of nitrogens with zero attached hydrogens (tertiary/aromatic N) is 1. The second kappa shape index (κ2) is 6.37. The van der Waals surface area contributed by atoms with Gasteiger partial charge in [0, 0.05) is 24.2 Å². The number of ether oxygens (including phenoxy) is 1. The van der Waals surface area contributed by atoms with Gasteiger partial charge in [0.25, 0.3) is 0 Å². The summed E-state index contributed by atoms with van der Waals surface area (Å²) in [4.78, 5) is 13.3. The predicted octanol–water partition coefficient (Wildman–Crippen LogP) is 2.50. The lowest BCUT2D eigenvalue weighted by molar-refractivity contribution is -0.139. The van der Waals surface area contributed by atoms with Crippen molar-refractivity contribution < 1.29 is 14.6 Å². The molecule has 1 saturated heterocycles. The Morgan fingerprint density at radius 1 is 1.47 bits per heavy atom. The Labute approximate surface area is 117 Å². The first kappa shape index (κ1) is 14.3. The standard InChI is InChI=1S/C14H18ClNO3/c1-10-8-11(15)2-3-12(10)13(9-14(17)18)16-4-6-19-7-5-16/h2-3,8,13H,4-7,9H2,1H3,(H,17,18). The Kier molecular flexibility index (Phi) is 4.80. The molecule has 1 aromatic carbocycles. The molecule has 104 valence electrons. The molecular formula is C14H18ClNO3. The van der Waals surface area contributed by atoms with E-state index in [1.165, 1.54) is 0 Å². The van der Waals surface area contributed by atoms with Crippen LogP contribution in [0, 0.1) is 6.92 Å². The lowest BCUT2D eigenvalue weighted by Crippen LogP contribution is -2.40. The molecule has 1 N–H and O–H groups in total. The quantitative estimate of drug-likeness (QED) is 0.922. The molecule has 1 unspecified atom stereocenters. The van der Waals surface area contributed by atoms with Crippen LogP contribution in [0.4, 0.5) is 0 Å². The largest absolute Gasteiger partial charge is 0.481 e.